The molecule has 2 aromatic heterocycles. The van der Waals surface area contributed by atoms with Crippen LogP contribution >= 0.6 is 0 Å². The minimum atomic E-state index is -0.0881. The van der Waals surface area contributed by atoms with E-state index in [1.807, 2.05) is 30.9 Å². The Kier molecular flexibility index (Phi) is 6.02. The molecule has 0 aliphatic rings. The maximum Gasteiger partial charge on any atom is 0.272 e. The number of rotatable bonds is 7. The molecule has 0 aliphatic carbocycles. The predicted octanol–water partition coefficient (Wildman–Crippen LogP) is 2.03. The van der Waals surface area contributed by atoms with Crippen LogP contribution < -0.4 is 4.90 Å². The van der Waals surface area contributed by atoms with Gasteiger partial charge in [-0.15, -0.1) is 0 Å². The lowest BCUT2D eigenvalue weighted by Gasteiger charge is -2.20. The first-order chi connectivity index (χ1) is 11.2. The van der Waals surface area contributed by atoms with Crippen molar-refractivity contribution < 1.29 is 4.79 Å². The maximum absolute atomic E-state index is 12.5. The second-order valence-corrected chi connectivity index (χ2v) is 5.25. The summed E-state index contributed by atoms with van der Waals surface area (Å²) in [5, 5.41) is 0. The summed E-state index contributed by atoms with van der Waals surface area (Å²) in [6.45, 7) is 6.34. The van der Waals surface area contributed by atoms with Gasteiger partial charge in [0.1, 0.15) is 5.69 Å². The highest BCUT2D eigenvalue weighted by Gasteiger charge is 2.15. The van der Waals surface area contributed by atoms with Crippen molar-refractivity contribution in [1.29, 1.82) is 0 Å². The lowest BCUT2D eigenvalue weighted by molar-refractivity contribution is 0.0790. The van der Waals surface area contributed by atoms with E-state index < -0.39 is 0 Å². The number of carbonyl (C=O) groups excluding carboxylic acids is 1. The third-order valence-corrected chi connectivity index (χ3v) is 3.74. The zero-order valence-corrected chi connectivity index (χ0v) is 13.9. The standard InChI is InChI=1S/C17H23N5O/c1-4-22(5-2)17-19-12-8-15(20-17)16(23)21(3)13-9-14-6-10-18-11-7-14/h6-8,10-12H,4-5,9,13H2,1-3H3. The van der Waals surface area contributed by atoms with Crippen molar-refractivity contribution in [2.24, 2.45) is 0 Å². The van der Waals surface area contributed by atoms with E-state index in [-0.39, 0.29) is 5.91 Å². The summed E-state index contributed by atoms with van der Waals surface area (Å²) >= 11 is 0. The largest absolute Gasteiger partial charge is 0.341 e. The van der Waals surface area contributed by atoms with Crippen molar-refractivity contribution in [3.63, 3.8) is 0 Å². The number of anilines is 1. The first-order valence-electron chi connectivity index (χ1n) is 7.88. The van der Waals surface area contributed by atoms with E-state index in [0.717, 1.165) is 25.1 Å². The molecule has 0 atom stereocenters. The van der Waals surface area contributed by atoms with E-state index >= 15 is 0 Å². The average Bonchev–Trinajstić information content (AvgIpc) is 2.61. The summed E-state index contributed by atoms with van der Waals surface area (Å²) in [5.74, 6) is 0.512. The minimum Gasteiger partial charge on any atom is -0.341 e. The Morgan fingerprint density at radius 2 is 1.78 bits per heavy atom. The fourth-order valence-electron chi connectivity index (χ4n) is 2.27. The van der Waals surface area contributed by atoms with Crippen LogP contribution in [-0.4, -0.2) is 52.4 Å². The Bertz CT molecular complexity index is 628. The molecule has 0 unspecified atom stereocenters. The Hall–Kier alpha value is -2.50. The number of aromatic nitrogens is 3. The molecular formula is C17H23N5O. The number of hydrogen-bond donors (Lipinski definition) is 0. The van der Waals surface area contributed by atoms with E-state index in [9.17, 15) is 4.79 Å². The zero-order chi connectivity index (χ0) is 16.7. The van der Waals surface area contributed by atoms with Gasteiger partial charge < -0.3 is 9.80 Å². The molecule has 6 heteroatoms. The maximum atomic E-state index is 12.5. The third-order valence-electron chi connectivity index (χ3n) is 3.74. The first-order valence-corrected chi connectivity index (χ1v) is 7.88. The molecule has 2 heterocycles. The lowest BCUT2D eigenvalue weighted by atomic mass is 10.2. The van der Waals surface area contributed by atoms with Crippen LogP contribution in [0.1, 0.15) is 29.9 Å². The summed E-state index contributed by atoms with van der Waals surface area (Å²) in [6.07, 6.45) is 5.96. The van der Waals surface area contributed by atoms with Gasteiger partial charge in [0, 0.05) is 45.3 Å². The van der Waals surface area contributed by atoms with Gasteiger partial charge in [0.25, 0.3) is 5.91 Å². The van der Waals surface area contributed by atoms with Gasteiger partial charge in [-0.1, -0.05) is 0 Å². The Morgan fingerprint density at radius 1 is 1.09 bits per heavy atom. The molecule has 0 N–H and O–H groups in total. The molecule has 122 valence electrons. The van der Waals surface area contributed by atoms with Gasteiger partial charge in [-0.25, -0.2) is 9.97 Å². The molecule has 6 nitrogen and oxygen atoms in total. The number of amides is 1. The molecule has 0 radical (unpaired) electrons. The van der Waals surface area contributed by atoms with Crippen LogP contribution in [0.3, 0.4) is 0 Å². The number of pyridine rings is 1. The molecular weight excluding hydrogens is 290 g/mol. The topological polar surface area (TPSA) is 62.2 Å². The first kappa shape index (κ1) is 16.9. The van der Waals surface area contributed by atoms with Crippen molar-refractivity contribution in [3.8, 4) is 0 Å². The Balaban J connectivity index is 2.03. The number of hydrogen-bond acceptors (Lipinski definition) is 5. The zero-order valence-electron chi connectivity index (χ0n) is 13.9. The highest BCUT2D eigenvalue weighted by Crippen LogP contribution is 2.09. The fraction of sp³-hybridized carbons (Fsp3) is 0.412. The molecule has 0 fully saturated rings. The van der Waals surface area contributed by atoms with E-state index in [4.69, 9.17) is 0 Å². The van der Waals surface area contributed by atoms with Gasteiger partial charge in [0.15, 0.2) is 0 Å². The summed E-state index contributed by atoms with van der Waals surface area (Å²) in [6, 6.07) is 5.58. The van der Waals surface area contributed by atoms with Gasteiger partial charge in [-0.2, -0.15) is 0 Å². The molecule has 0 aromatic carbocycles. The molecule has 0 aliphatic heterocycles. The molecule has 0 spiro atoms. The third kappa shape index (κ3) is 4.48. The van der Waals surface area contributed by atoms with E-state index in [2.05, 4.69) is 15.0 Å². The number of carbonyl (C=O) groups is 1. The van der Waals surface area contributed by atoms with Crippen LogP contribution in [0.15, 0.2) is 36.8 Å². The van der Waals surface area contributed by atoms with Crippen molar-refractivity contribution in [1.82, 2.24) is 19.9 Å². The molecule has 0 saturated carbocycles. The van der Waals surface area contributed by atoms with E-state index in [1.165, 1.54) is 0 Å². The smallest absolute Gasteiger partial charge is 0.272 e. The number of likely N-dealkylation sites (N-methyl/N-ethyl adjacent to an activating group) is 1. The van der Waals surface area contributed by atoms with Crippen LogP contribution in [0.2, 0.25) is 0 Å². The lowest BCUT2D eigenvalue weighted by Crippen LogP contribution is -2.31. The van der Waals surface area contributed by atoms with Gasteiger partial charge in [-0.3, -0.25) is 9.78 Å². The molecule has 23 heavy (non-hydrogen) atoms. The van der Waals surface area contributed by atoms with Crippen LogP contribution in [0.5, 0.6) is 0 Å². The van der Waals surface area contributed by atoms with Gasteiger partial charge in [-0.05, 0) is 44.0 Å². The van der Waals surface area contributed by atoms with E-state index in [1.54, 1.807) is 36.6 Å². The van der Waals surface area contributed by atoms with Crippen LogP contribution in [-0.2, 0) is 6.42 Å². The SMILES string of the molecule is CCN(CC)c1nccc(C(=O)N(C)CCc2ccncc2)n1. The van der Waals surface area contributed by atoms with Crippen LogP contribution in [0.4, 0.5) is 5.95 Å². The van der Waals surface area contributed by atoms with Crippen LogP contribution in [0.25, 0.3) is 0 Å². The van der Waals surface area contributed by atoms with Crippen LogP contribution in [0, 0.1) is 0 Å². The molecule has 0 bridgehead atoms. The average molecular weight is 313 g/mol. The monoisotopic (exact) mass is 313 g/mol. The normalized spacial score (nSPS) is 10.4. The summed E-state index contributed by atoms with van der Waals surface area (Å²) in [7, 11) is 1.79. The summed E-state index contributed by atoms with van der Waals surface area (Å²) < 4.78 is 0. The molecule has 0 saturated heterocycles. The minimum absolute atomic E-state index is 0.0881. The fourth-order valence-corrected chi connectivity index (χ4v) is 2.27. The molecule has 1 amide bonds. The van der Waals surface area contributed by atoms with Gasteiger partial charge in [0.2, 0.25) is 5.95 Å². The van der Waals surface area contributed by atoms with Gasteiger partial charge >= 0.3 is 0 Å². The number of nitrogens with zero attached hydrogens (tertiary/aromatic N) is 5. The second kappa shape index (κ2) is 8.22. The Labute approximate surface area is 137 Å². The van der Waals surface area contributed by atoms with Crippen molar-refractivity contribution >= 4 is 11.9 Å². The Morgan fingerprint density at radius 3 is 2.43 bits per heavy atom. The van der Waals surface area contributed by atoms with Crippen molar-refractivity contribution in [2.45, 2.75) is 20.3 Å². The van der Waals surface area contributed by atoms with Gasteiger partial charge in [0.05, 0.1) is 0 Å². The predicted molar refractivity (Wildman–Crippen MR) is 90.5 cm³/mol. The highest BCUT2D eigenvalue weighted by atomic mass is 16.2. The van der Waals surface area contributed by atoms with Crippen molar-refractivity contribution in [2.75, 3.05) is 31.6 Å². The van der Waals surface area contributed by atoms with Crippen molar-refractivity contribution in [3.05, 3.63) is 48.0 Å². The summed E-state index contributed by atoms with van der Waals surface area (Å²) in [5.41, 5.74) is 1.59. The highest BCUT2D eigenvalue weighted by molar-refractivity contribution is 5.92. The van der Waals surface area contributed by atoms with E-state index in [0.29, 0.717) is 18.2 Å². The quantitative estimate of drug-likeness (QED) is 0.783. The molecule has 2 aromatic rings. The second-order valence-electron chi connectivity index (χ2n) is 5.25. The summed E-state index contributed by atoms with van der Waals surface area (Å²) in [4.78, 5) is 28.9. The molecule has 2 rings (SSSR count).